The molecule has 11 heteroatoms. The Labute approximate surface area is 234 Å². The van der Waals surface area contributed by atoms with E-state index in [2.05, 4.69) is 5.32 Å². The predicted molar refractivity (Wildman–Crippen MR) is 148 cm³/mol. The molecule has 2 N–H and O–H groups in total. The third-order valence-corrected chi connectivity index (χ3v) is 8.46. The highest BCUT2D eigenvalue weighted by Gasteiger charge is 2.29. The fourth-order valence-corrected chi connectivity index (χ4v) is 5.92. The van der Waals surface area contributed by atoms with Crippen LogP contribution in [-0.4, -0.2) is 74.1 Å². The van der Waals surface area contributed by atoms with Gasteiger partial charge in [0, 0.05) is 26.2 Å². The van der Waals surface area contributed by atoms with Crippen LogP contribution in [0.1, 0.15) is 29.7 Å². The molecule has 1 fully saturated rings. The Hall–Kier alpha value is -3.93. The zero-order chi connectivity index (χ0) is 28.5. The molecule has 0 aromatic heterocycles. The highest BCUT2D eigenvalue weighted by Crippen LogP contribution is 2.26. The second-order valence-corrected chi connectivity index (χ2v) is 11.2. The van der Waals surface area contributed by atoms with E-state index in [4.69, 9.17) is 9.47 Å². The minimum atomic E-state index is -3.66. The molecule has 0 saturated carbocycles. The molecule has 0 spiro atoms. The van der Waals surface area contributed by atoms with Gasteiger partial charge in [-0.25, -0.2) is 13.2 Å². The molecule has 0 radical (unpaired) electrons. The van der Waals surface area contributed by atoms with Crippen molar-refractivity contribution >= 4 is 22.1 Å². The van der Waals surface area contributed by atoms with Crippen LogP contribution in [0.3, 0.4) is 0 Å². The number of benzene rings is 3. The molecule has 212 valence electrons. The fourth-order valence-electron chi connectivity index (χ4n) is 4.50. The van der Waals surface area contributed by atoms with Gasteiger partial charge in [0.05, 0.1) is 24.1 Å². The molecule has 3 aromatic carbocycles. The molecule has 1 aliphatic rings. The van der Waals surface area contributed by atoms with Gasteiger partial charge in [-0.3, -0.25) is 9.69 Å². The maximum Gasteiger partial charge on any atom is 0.405 e. The zero-order valence-electron chi connectivity index (χ0n) is 22.2. The summed E-state index contributed by atoms with van der Waals surface area (Å²) in [4.78, 5) is 25.2. The van der Waals surface area contributed by atoms with E-state index in [-0.39, 0.29) is 24.0 Å². The molecule has 1 aliphatic heterocycles. The van der Waals surface area contributed by atoms with Gasteiger partial charge >= 0.3 is 12.1 Å². The quantitative estimate of drug-likeness (QED) is 0.338. The number of carbonyl (C=O) groups is 2. The summed E-state index contributed by atoms with van der Waals surface area (Å²) in [6.07, 6.45) is -1.13. The number of carbonyl (C=O) groups excluding carboxylic acids is 1. The Bertz CT molecular complexity index is 1390. The number of esters is 1. The summed E-state index contributed by atoms with van der Waals surface area (Å²) in [6.45, 7) is 3.93. The first kappa shape index (κ1) is 29.1. The van der Waals surface area contributed by atoms with Crippen molar-refractivity contribution < 1.29 is 32.6 Å². The molecule has 0 unspecified atom stereocenters. The molecule has 1 saturated heterocycles. The standard InChI is InChI=1S/C29H33N3O7S/c1-2-38-27(33)20-31-15-17-32(18-16-31)40(36,37)26-13-11-22(12-14-26)21-39-25-10-6-9-24(19-25)28(30-29(34)35)23-7-4-3-5-8-23/h3-14,19,28,30H,2,15-18,20-21H2,1H3,(H,34,35)/t28-/m0/s1. The Balaban J connectivity index is 1.36. The smallest absolute Gasteiger partial charge is 0.405 e. The van der Waals surface area contributed by atoms with Crippen molar-refractivity contribution in [3.05, 3.63) is 95.6 Å². The van der Waals surface area contributed by atoms with Gasteiger partial charge < -0.3 is 19.9 Å². The lowest BCUT2D eigenvalue weighted by atomic mass is 9.98. The molecular weight excluding hydrogens is 534 g/mol. The first-order valence-electron chi connectivity index (χ1n) is 13.0. The zero-order valence-corrected chi connectivity index (χ0v) is 23.0. The first-order chi connectivity index (χ1) is 19.3. The number of piperazine rings is 1. The second kappa shape index (κ2) is 13.4. The van der Waals surface area contributed by atoms with E-state index in [1.807, 2.05) is 41.3 Å². The monoisotopic (exact) mass is 567 g/mol. The van der Waals surface area contributed by atoms with Crippen molar-refractivity contribution in [1.29, 1.82) is 0 Å². The van der Waals surface area contributed by atoms with Gasteiger partial charge in [0.2, 0.25) is 10.0 Å². The lowest BCUT2D eigenvalue weighted by molar-refractivity contribution is -0.144. The topological polar surface area (TPSA) is 125 Å². The fraction of sp³-hybridized carbons (Fsp3) is 0.310. The average molecular weight is 568 g/mol. The lowest BCUT2D eigenvalue weighted by Crippen LogP contribution is -2.49. The highest BCUT2D eigenvalue weighted by atomic mass is 32.2. The molecule has 1 atom stereocenters. The third kappa shape index (κ3) is 7.59. The van der Waals surface area contributed by atoms with E-state index in [0.29, 0.717) is 38.5 Å². The van der Waals surface area contributed by atoms with Gasteiger partial charge in [0.15, 0.2) is 0 Å². The van der Waals surface area contributed by atoms with Gasteiger partial charge in [0.1, 0.15) is 12.4 Å². The number of nitrogens with zero attached hydrogens (tertiary/aromatic N) is 2. The normalized spacial score (nSPS) is 15.2. The third-order valence-electron chi connectivity index (χ3n) is 6.55. The predicted octanol–water partition coefficient (Wildman–Crippen LogP) is 3.49. The maximum atomic E-state index is 13.1. The molecule has 4 rings (SSSR count). The summed E-state index contributed by atoms with van der Waals surface area (Å²) in [6, 6.07) is 22.5. The van der Waals surface area contributed by atoms with E-state index in [9.17, 15) is 23.1 Å². The molecule has 40 heavy (non-hydrogen) atoms. The van der Waals surface area contributed by atoms with Crippen molar-refractivity contribution in [2.45, 2.75) is 24.5 Å². The number of hydrogen-bond donors (Lipinski definition) is 2. The molecular formula is C29H33N3O7S. The van der Waals surface area contributed by atoms with Crippen molar-refractivity contribution in [1.82, 2.24) is 14.5 Å². The number of sulfonamides is 1. The summed E-state index contributed by atoms with van der Waals surface area (Å²) in [5.74, 6) is 0.249. The minimum Gasteiger partial charge on any atom is -0.489 e. The summed E-state index contributed by atoms with van der Waals surface area (Å²) >= 11 is 0. The summed E-state index contributed by atoms with van der Waals surface area (Å²) in [7, 11) is -3.66. The van der Waals surface area contributed by atoms with Crippen LogP contribution in [0.25, 0.3) is 0 Å². The molecule has 0 bridgehead atoms. The maximum absolute atomic E-state index is 13.1. The van der Waals surface area contributed by atoms with Crippen molar-refractivity contribution in [3.63, 3.8) is 0 Å². The van der Waals surface area contributed by atoms with E-state index in [1.165, 1.54) is 4.31 Å². The van der Waals surface area contributed by atoms with Crippen LogP contribution in [0.2, 0.25) is 0 Å². The summed E-state index contributed by atoms with van der Waals surface area (Å²) < 4.78 is 38.6. The van der Waals surface area contributed by atoms with E-state index in [0.717, 1.165) is 16.7 Å². The Kier molecular flexibility index (Phi) is 9.75. The second-order valence-electron chi connectivity index (χ2n) is 9.28. The van der Waals surface area contributed by atoms with E-state index < -0.39 is 22.2 Å². The van der Waals surface area contributed by atoms with Crippen LogP contribution >= 0.6 is 0 Å². The molecule has 0 aliphatic carbocycles. The van der Waals surface area contributed by atoms with Crippen molar-refractivity contribution in [3.8, 4) is 5.75 Å². The van der Waals surface area contributed by atoms with Gasteiger partial charge in [0.25, 0.3) is 0 Å². The van der Waals surface area contributed by atoms with Crippen molar-refractivity contribution in [2.24, 2.45) is 0 Å². The SMILES string of the molecule is CCOC(=O)CN1CCN(S(=O)(=O)c2ccc(COc3cccc([C@@H](NC(=O)O)c4ccccc4)c3)cc2)CC1. The number of hydrogen-bond acceptors (Lipinski definition) is 7. The first-order valence-corrected chi connectivity index (χ1v) is 14.4. The van der Waals surface area contributed by atoms with Crippen LogP contribution in [0, 0.1) is 0 Å². The van der Waals surface area contributed by atoms with Crippen LogP contribution in [0.5, 0.6) is 5.75 Å². The molecule has 1 heterocycles. The number of amides is 1. The Morgan fingerprint density at radius 1 is 0.925 bits per heavy atom. The molecule has 3 aromatic rings. The Morgan fingerprint density at radius 2 is 1.60 bits per heavy atom. The van der Waals surface area contributed by atoms with Crippen LogP contribution in [0.15, 0.2) is 83.8 Å². The van der Waals surface area contributed by atoms with E-state index >= 15 is 0 Å². The molecule has 10 nitrogen and oxygen atoms in total. The van der Waals surface area contributed by atoms with E-state index in [1.54, 1.807) is 49.4 Å². The lowest BCUT2D eigenvalue weighted by Gasteiger charge is -2.33. The average Bonchev–Trinajstić information content (AvgIpc) is 2.96. The van der Waals surface area contributed by atoms with Crippen LogP contribution < -0.4 is 10.1 Å². The van der Waals surface area contributed by atoms with Gasteiger partial charge in [-0.1, -0.05) is 54.6 Å². The summed E-state index contributed by atoms with van der Waals surface area (Å²) in [5.41, 5.74) is 2.32. The number of nitrogens with one attached hydrogen (secondary N) is 1. The Morgan fingerprint density at radius 3 is 2.25 bits per heavy atom. The molecule has 1 amide bonds. The van der Waals surface area contributed by atoms with Gasteiger partial charge in [-0.05, 0) is 47.9 Å². The van der Waals surface area contributed by atoms with Gasteiger partial charge in [-0.2, -0.15) is 4.31 Å². The summed E-state index contributed by atoms with van der Waals surface area (Å²) in [5, 5.41) is 11.9. The number of carboxylic acid groups (broad SMARTS) is 1. The van der Waals surface area contributed by atoms with Crippen molar-refractivity contribution in [2.75, 3.05) is 39.3 Å². The largest absolute Gasteiger partial charge is 0.489 e. The number of rotatable bonds is 11. The number of ether oxygens (including phenoxy) is 2. The minimum absolute atomic E-state index is 0.155. The van der Waals surface area contributed by atoms with Crippen LogP contribution in [-0.2, 0) is 26.2 Å². The van der Waals surface area contributed by atoms with Gasteiger partial charge in [-0.15, -0.1) is 0 Å². The van der Waals surface area contributed by atoms with Crippen LogP contribution in [0.4, 0.5) is 4.79 Å². The highest BCUT2D eigenvalue weighted by molar-refractivity contribution is 7.89.